The SMILES string of the molecule is N#Cc1ccc(-c2c(F)cc(Cc3nc(N)n[nH]3)cc2C(F)(F)F)cc1. The summed E-state index contributed by atoms with van der Waals surface area (Å²) in [5.41, 5.74) is 4.05. The number of nitrogen functional groups attached to an aromatic ring is 1. The number of H-pyrrole nitrogens is 1. The molecule has 132 valence electrons. The average molecular weight is 361 g/mol. The van der Waals surface area contributed by atoms with Gasteiger partial charge in [-0.2, -0.15) is 23.4 Å². The fourth-order valence-electron chi connectivity index (χ4n) is 2.58. The van der Waals surface area contributed by atoms with Crippen LogP contribution in [0.2, 0.25) is 0 Å². The van der Waals surface area contributed by atoms with Crippen LogP contribution in [0.25, 0.3) is 11.1 Å². The third-order valence-electron chi connectivity index (χ3n) is 3.68. The number of halogens is 4. The molecule has 1 heterocycles. The largest absolute Gasteiger partial charge is 0.417 e. The van der Waals surface area contributed by atoms with E-state index in [9.17, 15) is 17.6 Å². The molecule has 0 aliphatic heterocycles. The Morgan fingerprint density at radius 3 is 2.38 bits per heavy atom. The first kappa shape index (κ1) is 17.4. The van der Waals surface area contributed by atoms with Crippen LogP contribution in [0.15, 0.2) is 36.4 Å². The highest BCUT2D eigenvalue weighted by molar-refractivity contribution is 5.70. The fraction of sp³-hybridized carbons (Fsp3) is 0.118. The molecule has 9 heteroatoms. The Labute approximate surface area is 145 Å². The van der Waals surface area contributed by atoms with Crippen LogP contribution in [0.1, 0.15) is 22.5 Å². The summed E-state index contributed by atoms with van der Waals surface area (Å²) in [5.74, 6) is -0.848. The van der Waals surface area contributed by atoms with Crippen molar-refractivity contribution in [1.29, 1.82) is 5.26 Å². The maximum absolute atomic E-state index is 14.6. The first-order valence-corrected chi connectivity index (χ1v) is 7.35. The fourth-order valence-corrected chi connectivity index (χ4v) is 2.58. The van der Waals surface area contributed by atoms with Crippen LogP contribution in [0.4, 0.5) is 23.5 Å². The lowest BCUT2D eigenvalue weighted by Gasteiger charge is -2.16. The Hall–Kier alpha value is -3.41. The van der Waals surface area contributed by atoms with Crippen molar-refractivity contribution in [3.05, 3.63) is 64.7 Å². The van der Waals surface area contributed by atoms with E-state index in [0.29, 0.717) is 0 Å². The van der Waals surface area contributed by atoms with Gasteiger partial charge in [0, 0.05) is 12.0 Å². The summed E-state index contributed by atoms with van der Waals surface area (Å²) in [6.45, 7) is 0. The minimum Gasteiger partial charge on any atom is -0.367 e. The topological polar surface area (TPSA) is 91.4 Å². The van der Waals surface area contributed by atoms with Gasteiger partial charge in [0.2, 0.25) is 5.95 Å². The number of anilines is 1. The van der Waals surface area contributed by atoms with Crippen LogP contribution >= 0.6 is 0 Å². The number of alkyl halides is 3. The number of rotatable bonds is 3. The van der Waals surface area contributed by atoms with Crippen LogP contribution in [0.5, 0.6) is 0 Å². The van der Waals surface area contributed by atoms with Gasteiger partial charge in [0.15, 0.2) is 0 Å². The minimum absolute atomic E-state index is 0.0317. The maximum atomic E-state index is 14.6. The van der Waals surface area contributed by atoms with Crippen LogP contribution in [-0.4, -0.2) is 15.2 Å². The molecule has 2 aromatic carbocycles. The molecular formula is C17H11F4N5. The molecule has 0 aliphatic carbocycles. The molecule has 0 bridgehead atoms. The molecule has 0 radical (unpaired) electrons. The van der Waals surface area contributed by atoms with Crippen molar-refractivity contribution in [2.24, 2.45) is 0 Å². The van der Waals surface area contributed by atoms with Gasteiger partial charge in [-0.3, -0.25) is 5.10 Å². The smallest absolute Gasteiger partial charge is 0.367 e. The third-order valence-corrected chi connectivity index (χ3v) is 3.68. The molecule has 3 rings (SSSR count). The summed E-state index contributed by atoms with van der Waals surface area (Å²) in [6, 6.07) is 8.98. The third kappa shape index (κ3) is 3.49. The molecule has 0 saturated heterocycles. The highest BCUT2D eigenvalue weighted by Crippen LogP contribution is 2.39. The average Bonchev–Trinajstić information content (AvgIpc) is 2.98. The molecule has 0 unspecified atom stereocenters. The number of aromatic nitrogens is 3. The second kappa shape index (κ2) is 6.48. The molecule has 0 amide bonds. The Bertz CT molecular complexity index is 984. The second-order valence-corrected chi connectivity index (χ2v) is 5.50. The van der Waals surface area contributed by atoms with Crippen molar-refractivity contribution in [3.8, 4) is 17.2 Å². The van der Waals surface area contributed by atoms with Crippen molar-refractivity contribution in [1.82, 2.24) is 15.2 Å². The zero-order valence-corrected chi connectivity index (χ0v) is 13.1. The summed E-state index contributed by atoms with van der Waals surface area (Å²) >= 11 is 0. The number of nitriles is 1. The number of aromatic amines is 1. The van der Waals surface area contributed by atoms with Gasteiger partial charge < -0.3 is 5.73 Å². The van der Waals surface area contributed by atoms with Gasteiger partial charge >= 0.3 is 6.18 Å². The predicted octanol–water partition coefficient (Wildman–Crippen LogP) is 3.67. The van der Waals surface area contributed by atoms with Crippen molar-refractivity contribution >= 4 is 5.95 Å². The molecule has 0 atom stereocenters. The molecule has 3 N–H and O–H groups in total. The zero-order chi connectivity index (χ0) is 18.9. The molecule has 5 nitrogen and oxygen atoms in total. The summed E-state index contributed by atoms with van der Waals surface area (Å²) in [6.07, 6.45) is -4.85. The van der Waals surface area contributed by atoms with E-state index in [1.165, 1.54) is 24.3 Å². The monoisotopic (exact) mass is 361 g/mol. The molecule has 3 aromatic rings. The van der Waals surface area contributed by atoms with Crippen LogP contribution in [0, 0.1) is 17.1 Å². The van der Waals surface area contributed by atoms with Crippen LogP contribution < -0.4 is 5.73 Å². The zero-order valence-electron chi connectivity index (χ0n) is 13.1. The first-order valence-electron chi connectivity index (χ1n) is 7.35. The van der Waals surface area contributed by atoms with Gasteiger partial charge in [0.05, 0.1) is 17.2 Å². The molecule has 0 aliphatic rings. The molecular weight excluding hydrogens is 350 g/mol. The summed E-state index contributed by atoms with van der Waals surface area (Å²) < 4.78 is 55.1. The summed E-state index contributed by atoms with van der Waals surface area (Å²) in [5, 5.41) is 14.8. The molecule has 0 saturated carbocycles. The number of nitrogens with two attached hydrogens (primary N) is 1. The van der Waals surface area contributed by atoms with Gasteiger partial charge in [-0.25, -0.2) is 4.39 Å². The standard InChI is InChI=1S/C17H11F4N5/c18-13-6-10(7-14-24-16(23)26-25-14)5-12(17(19,20)21)15(13)11-3-1-9(8-22)2-4-11/h1-6H,7H2,(H3,23,24,25,26). The summed E-state index contributed by atoms with van der Waals surface area (Å²) in [4.78, 5) is 3.80. The van der Waals surface area contributed by atoms with E-state index in [4.69, 9.17) is 11.0 Å². The highest BCUT2D eigenvalue weighted by Gasteiger charge is 2.35. The van der Waals surface area contributed by atoms with Crippen molar-refractivity contribution in [2.75, 3.05) is 5.73 Å². The Balaban J connectivity index is 2.10. The molecule has 0 spiro atoms. The van der Waals surface area contributed by atoms with Crippen LogP contribution in [0.3, 0.4) is 0 Å². The number of nitrogens with zero attached hydrogens (tertiary/aromatic N) is 3. The lowest BCUT2D eigenvalue weighted by atomic mass is 9.94. The van der Waals surface area contributed by atoms with Gasteiger partial charge in [0.25, 0.3) is 0 Å². The number of hydrogen-bond acceptors (Lipinski definition) is 4. The van der Waals surface area contributed by atoms with E-state index in [1.54, 1.807) is 0 Å². The summed E-state index contributed by atoms with van der Waals surface area (Å²) in [7, 11) is 0. The Morgan fingerprint density at radius 2 is 1.85 bits per heavy atom. The van der Waals surface area contributed by atoms with Gasteiger partial charge in [0.1, 0.15) is 11.6 Å². The van der Waals surface area contributed by atoms with Crippen molar-refractivity contribution < 1.29 is 17.6 Å². The number of nitrogens with one attached hydrogen (secondary N) is 1. The van der Waals surface area contributed by atoms with E-state index in [2.05, 4.69) is 15.2 Å². The van der Waals surface area contributed by atoms with E-state index in [-0.39, 0.29) is 34.9 Å². The minimum atomic E-state index is -4.76. The van der Waals surface area contributed by atoms with Gasteiger partial charge in [-0.1, -0.05) is 12.1 Å². The van der Waals surface area contributed by atoms with E-state index in [1.807, 2.05) is 6.07 Å². The van der Waals surface area contributed by atoms with Gasteiger partial charge in [-0.15, -0.1) is 5.10 Å². The number of hydrogen-bond donors (Lipinski definition) is 2. The van der Waals surface area contributed by atoms with E-state index >= 15 is 0 Å². The Morgan fingerprint density at radius 1 is 1.15 bits per heavy atom. The van der Waals surface area contributed by atoms with Crippen LogP contribution in [-0.2, 0) is 12.6 Å². The second-order valence-electron chi connectivity index (χ2n) is 5.50. The van der Waals surface area contributed by atoms with E-state index in [0.717, 1.165) is 12.1 Å². The predicted molar refractivity (Wildman–Crippen MR) is 85.2 cm³/mol. The molecule has 0 fully saturated rings. The van der Waals surface area contributed by atoms with Crippen molar-refractivity contribution in [2.45, 2.75) is 12.6 Å². The Kier molecular flexibility index (Phi) is 4.34. The number of benzene rings is 2. The quantitative estimate of drug-likeness (QED) is 0.696. The molecule has 1 aromatic heterocycles. The van der Waals surface area contributed by atoms with Crippen molar-refractivity contribution in [3.63, 3.8) is 0 Å². The highest BCUT2D eigenvalue weighted by atomic mass is 19.4. The normalized spacial score (nSPS) is 11.3. The molecule has 26 heavy (non-hydrogen) atoms. The lowest BCUT2D eigenvalue weighted by Crippen LogP contribution is -2.10. The lowest BCUT2D eigenvalue weighted by molar-refractivity contribution is -0.137. The maximum Gasteiger partial charge on any atom is 0.417 e. The van der Waals surface area contributed by atoms with E-state index < -0.39 is 23.1 Å². The first-order chi connectivity index (χ1) is 12.3. The van der Waals surface area contributed by atoms with Gasteiger partial charge in [-0.05, 0) is 35.4 Å².